The molecule has 1 amide bonds. The highest BCUT2D eigenvalue weighted by atomic mass is 79.9. The molecule has 0 aliphatic carbocycles. The fourth-order valence-corrected chi connectivity index (χ4v) is 3.64. The number of amides is 1. The molecule has 100 valence electrons. The summed E-state index contributed by atoms with van der Waals surface area (Å²) in [4.78, 5) is 15.3. The Labute approximate surface area is 133 Å². The van der Waals surface area contributed by atoms with Gasteiger partial charge >= 0.3 is 0 Å². The first-order valence-electron chi connectivity index (χ1n) is 5.72. The third-order valence-corrected chi connectivity index (χ3v) is 4.97. The normalized spacial score (nSPS) is 10.5. The third-order valence-electron chi connectivity index (χ3n) is 2.79. The summed E-state index contributed by atoms with van der Waals surface area (Å²) in [7, 11) is 1.83. The number of benzene rings is 1. The number of rotatable bonds is 3. The van der Waals surface area contributed by atoms with Crippen molar-refractivity contribution in [1.29, 1.82) is 0 Å². The molecule has 2 rings (SSSR count). The summed E-state index contributed by atoms with van der Waals surface area (Å²) in [5.74, 6) is 0.0447. The van der Waals surface area contributed by atoms with Gasteiger partial charge < -0.3 is 4.90 Å². The zero-order chi connectivity index (χ0) is 14.0. The Morgan fingerprint density at radius 2 is 2.00 bits per heavy atom. The highest BCUT2D eigenvalue weighted by molar-refractivity contribution is 9.10. The fourth-order valence-electron chi connectivity index (χ4n) is 1.77. The second-order valence-corrected chi connectivity index (χ2v) is 7.18. The second-order valence-electron chi connectivity index (χ2n) is 4.35. The van der Waals surface area contributed by atoms with E-state index in [1.807, 2.05) is 43.6 Å². The van der Waals surface area contributed by atoms with Crippen LogP contribution >= 0.6 is 43.2 Å². The Kier molecular flexibility index (Phi) is 4.81. The number of nitrogens with zero attached hydrogens (tertiary/aromatic N) is 1. The monoisotopic (exact) mass is 401 g/mol. The van der Waals surface area contributed by atoms with Crippen LogP contribution in [0.15, 0.2) is 38.6 Å². The standard InChI is InChI=1S/C14H13Br2NOS/c1-9-3-4-10(15)6-13(9)14(18)17(2)7-12-5-11(16)8-19-12/h3-6,8H,7H2,1-2H3. The summed E-state index contributed by atoms with van der Waals surface area (Å²) < 4.78 is 1.99. The molecule has 0 aliphatic rings. The summed E-state index contributed by atoms with van der Waals surface area (Å²) in [6, 6.07) is 7.82. The van der Waals surface area contributed by atoms with Crippen molar-refractivity contribution in [2.24, 2.45) is 0 Å². The molecule has 2 nitrogen and oxygen atoms in total. The molecule has 0 saturated carbocycles. The van der Waals surface area contributed by atoms with Gasteiger partial charge in [-0.25, -0.2) is 0 Å². The van der Waals surface area contributed by atoms with Crippen LogP contribution in [-0.2, 0) is 6.54 Å². The van der Waals surface area contributed by atoms with E-state index in [0.29, 0.717) is 6.54 Å². The Morgan fingerprint density at radius 1 is 1.26 bits per heavy atom. The van der Waals surface area contributed by atoms with E-state index in [2.05, 4.69) is 31.9 Å². The number of hydrogen-bond acceptors (Lipinski definition) is 2. The number of carbonyl (C=O) groups excluding carboxylic acids is 1. The van der Waals surface area contributed by atoms with Crippen molar-refractivity contribution >= 4 is 49.1 Å². The van der Waals surface area contributed by atoms with Gasteiger partial charge in [-0.3, -0.25) is 4.79 Å². The fraction of sp³-hybridized carbons (Fsp3) is 0.214. The van der Waals surface area contributed by atoms with Crippen molar-refractivity contribution in [1.82, 2.24) is 4.90 Å². The molecule has 1 aromatic carbocycles. The number of aryl methyl sites for hydroxylation is 1. The van der Waals surface area contributed by atoms with Crippen LogP contribution in [0.5, 0.6) is 0 Å². The Balaban J connectivity index is 2.16. The van der Waals surface area contributed by atoms with Gasteiger partial charge in [0.15, 0.2) is 0 Å². The molecule has 0 aliphatic heterocycles. The van der Waals surface area contributed by atoms with Crippen LogP contribution in [0.2, 0.25) is 0 Å². The van der Waals surface area contributed by atoms with Crippen LogP contribution in [0.25, 0.3) is 0 Å². The Hall–Kier alpha value is -0.650. The summed E-state index contributed by atoms with van der Waals surface area (Å²) in [5.41, 5.74) is 1.74. The lowest BCUT2D eigenvalue weighted by Crippen LogP contribution is -2.26. The van der Waals surface area contributed by atoms with Crippen molar-refractivity contribution in [2.45, 2.75) is 13.5 Å². The molecule has 0 unspecified atom stereocenters. The predicted molar refractivity (Wildman–Crippen MR) is 86.7 cm³/mol. The Morgan fingerprint density at radius 3 is 2.63 bits per heavy atom. The molecule has 0 fully saturated rings. The van der Waals surface area contributed by atoms with Crippen molar-refractivity contribution in [3.05, 3.63) is 54.6 Å². The van der Waals surface area contributed by atoms with E-state index in [9.17, 15) is 4.79 Å². The summed E-state index contributed by atoms with van der Waals surface area (Å²) in [6.07, 6.45) is 0. The van der Waals surface area contributed by atoms with Gasteiger partial charge in [0.05, 0.1) is 6.54 Å². The molecule has 19 heavy (non-hydrogen) atoms. The first-order chi connectivity index (χ1) is 8.97. The molecule has 1 heterocycles. The van der Waals surface area contributed by atoms with Crippen LogP contribution in [0, 0.1) is 6.92 Å². The quantitative estimate of drug-likeness (QED) is 0.718. The van der Waals surface area contributed by atoms with Crippen molar-refractivity contribution in [3.63, 3.8) is 0 Å². The van der Waals surface area contributed by atoms with Crippen LogP contribution in [0.3, 0.4) is 0 Å². The molecule has 0 spiro atoms. The number of carbonyl (C=O) groups is 1. The molecular formula is C14H13Br2NOS. The van der Waals surface area contributed by atoms with Crippen molar-refractivity contribution in [3.8, 4) is 0 Å². The topological polar surface area (TPSA) is 20.3 Å². The smallest absolute Gasteiger partial charge is 0.254 e. The van der Waals surface area contributed by atoms with Crippen LogP contribution < -0.4 is 0 Å². The van der Waals surface area contributed by atoms with E-state index in [4.69, 9.17) is 0 Å². The molecule has 0 bridgehead atoms. The molecule has 2 aromatic rings. The predicted octanol–water partition coefficient (Wildman–Crippen LogP) is 4.85. The average Bonchev–Trinajstić information content (AvgIpc) is 2.77. The van der Waals surface area contributed by atoms with Gasteiger partial charge in [0.1, 0.15) is 0 Å². The van der Waals surface area contributed by atoms with Gasteiger partial charge in [-0.2, -0.15) is 0 Å². The maximum Gasteiger partial charge on any atom is 0.254 e. The van der Waals surface area contributed by atoms with Gasteiger partial charge in [0.25, 0.3) is 5.91 Å². The highest BCUT2D eigenvalue weighted by Crippen LogP contribution is 2.22. The van der Waals surface area contributed by atoms with E-state index in [1.165, 1.54) is 0 Å². The van der Waals surface area contributed by atoms with Crippen LogP contribution in [0.1, 0.15) is 20.8 Å². The molecule has 5 heteroatoms. The minimum absolute atomic E-state index is 0.0447. The third kappa shape index (κ3) is 3.68. The molecule has 0 saturated heterocycles. The lowest BCUT2D eigenvalue weighted by molar-refractivity contribution is 0.0785. The van der Waals surface area contributed by atoms with E-state index >= 15 is 0 Å². The molecule has 0 radical (unpaired) electrons. The first-order valence-corrected chi connectivity index (χ1v) is 8.18. The average molecular weight is 403 g/mol. The van der Waals surface area contributed by atoms with Gasteiger partial charge in [-0.15, -0.1) is 11.3 Å². The minimum atomic E-state index is 0.0447. The van der Waals surface area contributed by atoms with E-state index < -0.39 is 0 Å². The lowest BCUT2D eigenvalue weighted by Gasteiger charge is -2.17. The van der Waals surface area contributed by atoms with Gasteiger partial charge in [-0.05, 0) is 46.6 Å². The van der Waals surface area contributed by atoms with Crippen LogP contribution in [0.4, 0.5) is 0 Å². The molecular weight excluding hydrogens is 390 g/mol. The maximum absolute atomic E-state index is 12.4. The zero-order valence-electron chi connectivity index (χ0n) is 10.6. The van der Waals surface area contributed by atoms with E-state index in [0.717, 1.165) is 24.9 Å². The van der Waals surface area contributed by atoms with Crippen molar-refractivity contribution < 1.29 is 4.79 Å². The van der Waals surface area contributed by atoms with Gasteiger partial charge in [0.2, 0.25) is 0 Å². The van der Waals surface area contributed by atoms with Gasteiger partial charge in [0, 0.05) is 31.8 Å². The molecule has 0 N–H and O–H groups in total. The summed E-state index contributed by atoms with van der Waals surface area (Å²) in [6.45, 7) is 2.58. The van der Waals surface area contributed by atoms with Gasteiger partial charge in [-0.1, -0.05) is 22.0 Å². The maximum atomic E-state index is 12.4. The zero-order valence-corrected chi connectivity index (χ0v) is 14.6. The van der Waals surface area contributed by atoms with Crippen molar-refractivity contribution in [2.75, 3.05) is 7.05 Å². The Bertz CT molecular complexity index is 609. The lowest BCUT2D eigenvalue weighted by atomic mass is 10.1. The van der Waals surface area contributed by atoms with Crippen LogP contribution in [-0.4, -0.2) is 17.9 Å². The minimum Gasteiger partial charge on any atom is -0.337 e. The molecule has 1 aromatic heterocycles. The van der Waals surface area contributed by atoms with E-state index in [1.54, 1.807) is 16.2 Å². The number of hydrogen-bond donors (Lipinski definition) is 0. The SMILES string of the molecule is Cc1ccc(Br)cc1C(=O)N(C)Cc1cc(Br)cs1. The highest BCUT2D eigenvalue weighted by Gasteiger charge is 2.15. The number of halogens is 2. The summed E-state index contributed by atoms with van der Waals surface area (Å²) in [5, 5.41) is 2.03. The summed E-state index contributed by atoms with van der Waals surface area (Å²) >= 11 is 8.48. The molecule has 0 atom stereocenters. The second kappa shape index (κ2) is 6.20. The van der Waals surface area contributed by atoms with E-state index in [-0.39, 0.29) is 5.91 Å². The number of thiophene rings is 1. The largest absolute Gasteiger partial charge is 0.337 e. The first kappa shape index (κ1) is 14.8.